The van der Waals surface area contributed by atoms with Crippen molar-refractivity contribution in [3.63, 3.8) is 0 Å². The highest BCUT2D eigenvalue weighted by Gasteiger charge is 2.18. The quantitative estimate of drug-likeness (QED) is 0.921. The standard InChI is InChI=1S/C16H22N4/c1-5-9-18-14-11-13(16(2,3)4)19-15(20-14)12-8-6-7-10-17-12/h6-8,10-11H,5,9H2,1-4H3,(H,18,19,20). The summed E-state index contributed by atoms with van der Waals surface area (Å²) in [4.78, 5) is 13.6. The Morgan fingerprint density at radius 2 is 1.95 bits per heavy atom. The minimum atomic E-state index is -0.0187. The molecule has 20 heavy (non-hydrogen) atoms. The van der Waals surface area contributed by atoms with Crippen molar-refractivity contribution in [2.45, 2.75) is 39.5 Å². The molecule has 0 amide bonds. The van der Waals surface area contributed by atoms with Crippen LogP contribution in [0.1, 0.15) is 39.8 Å². The molecule has 2 aromatic heterocycles. The van der Waals surface area contributed by atoms with Gasteiger partial charge in [0.1, 0.15) is 11.5 Å². The highest BCUT2D eigenvalue weighted by atomic mass is 15.0. The lowest BCUT2D eigenvalue weighted by atomic mass is 9.92. The maximum absolute atomic E-state index is 4.67. The van der Waals surface area contributed by atoms with Gasteiger partial charge in [0.15, 0.2) is 5.82 Å². The van der Waals surface area contributed by atoms with E-state index >= 15 is 0 Å². The van der Waals surface area contributed by atoms with Crippen LogP contribution in [0.2, 0.25) is 0 Å². The largest absolute Gasteiger partial charge is 0.370 e. The third kappa shape index (κ3) is 3.53. The minimum absolute atomic E-state index is 0.0187. The second kappa shape index (κ2) is 5.99. The molecule has 0 aromatic carbocycles. The Hall–Kier alpha value is -1.97. The van der Waals surface area contributed by atoms with Crippen LogP contribution in [0, 0.1) is 0 Å². The van der Waals surface area contributed by atoms with E-state index in [0.717, 1.165) is 30.2 Å². The Labute approximate surface area is 120 Å². The monoisotopic (exact) mass is 270 g/mol. The summed E-state index contributed by atoms with van der Waals surface area (Å²) in [7, 11) is 0. The van der Waals surface area contributed by atoms with Crippen molar-refractivity contribution in [1.29, 1.82) is 0 Å². The molecule has 0 aliphatic rings. The maximum Gasteiger partial charge on any atom is 0.180 e. The fraction of sp³-hybridized carbons (Fsp3) is 0.438. The first-order valence-electron chi connectivity index (χ1n) is 7.05. The van der Waals surface area contributed by atoms with E-state index in [2.05, 4.69) is 48.0 Å². The van der Waals surface area contributed by atoms with E-state index in [0.29, 0.717) is 5.82 Å². The van der Waals surface area contributed by atoms with Gasteiger partial charge in [-0.3, -0.25) is 4.98 Å². The lowest BCUT2D eigenvalue weighted by Gasteiger charge is -2.19. The fourth-order valence-corrected chi connectivity index (χ4v) is 1.78. The van der Waals surface area contributed by atoms with Crippen LogP contribution in [0.25, 0.3) is 11.5 Å². The SMILES string of the molecule is CCCNc1cc(C(C)(C)C)nc(-c2ccccn2)n1. The molecule has 0 spiro atoms. The van der Waals surface area contributed by atoms with Gasteiger partial charge in [0.2, 0.25) is 0 Å². The summed E-state index contributed by atoms with van der Waals surface area (Å²) in [6.07, 6.45) is 2.83. The van der Waals surface area contributed by atoms with E-state index in [-0.39, 0.29) is 5.41 Å². The Bertz CT molecular complexity index is 558. The highest BCUT2D eigenvalue weighted by Crippen LogP contribution is 2.25. The zero-order chi connectivity index (χ0) is 14.6. The summed E-state index contributed by atoms with van der Waals surface area (Å²) in [5.41, 5.74) is 1.81. The van der Waals surface area contributed by atoms with E-state index in [4.69, 9.17) is 0 Å². The summed E-state index contributed by atoms with van der Waals surface area (Å²) < 4.78 is 0. The minimum Gasteiger partial charge on any atom is -0.370 e. The lowest BCUT2D eigenvalue weighted by Crippen LogP contribution is -2.16. The van der Waals surface area contributed by atoms with Gasteiger partial charge in [-0.25, -0.2) is 9.97 Å². The zero-order valence-corrected chi connectivity index (χ0v) is 12.6. The molecule has 106 valence electrons. The molecule has 4 heteroatoms. The lowest BCUT2D eigenvalue weighted by molar-refractivity contribution is 0.568. The number of aromatic nitrogens is 3. The van der Waals surface area contributed by atoms with Gasteiger partial charge >= 0.3 is 0 Å². The van der Waals surface area contributed by atoms with Crippen LogP contribution in [0.4, 0.5) is 5.82 Å². The summed E-state index contributed by atoms with van der Waals surface area (Å²) in [5.74, 6) is 1.55. The number of rotatable bonds is 4. The molecule has 0 atom stereocenters. The van der Waals surface area contributed by atoms with E-state index in [1.807, 2.05) is 24.3 Å². The highest BCUT2D eigenvalue weighted by molar-refractivity contribution is 5.53. The predicted octanol–water partition coefficient (Wildman–Crippen LogP) is 3.66. The summed E-state index contributed by atoms with van der Waals surface area (Å²) >= 11 is 0. The Morgan fingerprint density at radius 1 is 1.15 bits per heavy atom. The second-order valence-electron chi connectivity index (χ2n) is 5.85. The zero-order valence-electron chi connectivity index (χ0n) is 12.6. The molecular formula is C16H22N4. The number of nitrogens with one attached hydrogen (secondary N) is 1. The Morgan fingerprint density at radius 3 is 2.55 bits per heavy atom. The molecule has 0 radical (unpaired) electrons. The Balaban J connectivity index is 2.46. The molecule has 2 rings (SSSR count). The second-order valence-corrected chi connectivity index (χ2v) is 5.85. The third-order valence-electron chi connectivity index (χ3n) is 2.94. The van der Waals surface area contributed by atoms with E-state index in [9.17, 15) is 0 Å². The van der Waals surface area contributed by atoms with Crippen molar-refractivity contribution in [2.75, 3.05) is 11.9 Å². The average molecular weight is 270 g/mol. The van der Waals surface area contributed by atoms with Gasteiger partial charge in [-0.1, -0.05) is 33.8 Å². The molecule has 4 nitrogen and oxygen atoms in total. The first-order chi connectivity index (χ1) is 9.50. The van der Waals surface area contributed by atoms with Crippen molar-refractivity contribution in [1.82, 2.24) is 15.0 Å². The summed E-state index contributed by atoms with van der Waals surface area (Å²) in [5, 5.41) is 3.34. The normalized spacial score (nSPS) is 11.4. The van der Waals surface area contributed by atoms with Crippen molar-refractivity contribution < 1.29 is 0 Å². The molecule has 0 bridgehead atoms. The first kappa shape index (κ1) is 14.4. The van der Waals surface area contributed by atoms with Crippen molar-refractivity contribution in [3.05, 3.63) is 36.2 Å². The first-order valence-corrected chi connectivity index (χ1v) is 7.05. The van der Waals surface area contributed by atoms with Gasteiger partial charge in [-0.2, -0.15) is 0 Å². The molecule has 0 saturated heterocycles. The van der Waals surface area contributed by atoms with Crippen molar-refractivity contribution >= 4 is 5.82 Å². The average Bonchev–Trinajstić information content (AvgIpc) is 2.45. The fourth-order valence-electron chi connectivity index (χ4n) is 1.78. The Kier molecular flexibility index (Phi) is 4.32. The molecule has 2 heterocycles. The topological polar surface area (TPSA) is 50.7 Å². The van der Waals surface area contributed by atoms with Crippen LogP contribution >= 0.6 is 0 Å². The summed E-state index contributed by atoms with van der Waals surface area (Å²) in [6, 6.07) is 7.81. The van der Waals surface area contributed by atoms with Gasteiger partial charge < -0.3 is 5.32 Å². The maximum atomic E-state index is 4.67. The molecule has 1 N–H and O–H groups in total. The molecule has 0 fully saturated rings. The van der Waals surface area contributed by atoms with Crippen LogP contribution in [0.3, 0.4) is 0 Å². The molecule has 0 saturated carbocycles. The van der Waals surface area contributed by atoms with Crippen LogP contribution in [0.5, 0.6) is 0 Å². The van der Waals surface area contributed by atoms with Crippen LogP contribution in [0.15, 0.2) is 30.5 Å². The van der Waals surface area contributed by atoms with Crippen molar-refractivity contribution in [2.24, 2.45) is 0 Å². The van der Waals surface area contributed by atoms with Gasteiger partial charge in [-0.15, -0.1) is 0 Å². The van der Waals surface area contributed by atoms with E-state index in [1.54, 1.807) is 6.20 Å². The van der Waals surface area contributed by atoms with Gasteiger partial charge in [0.05, 0.1) is 5.69 Å². The predicted molar refractivity (Wildman–Crippen MR) is 82.7 cm³/mol. The molecule has 2 aromatic rings. The van der Waals surface area contributed by atoms with Crippen LogP contribution in [-0.2, 0) is 5.41 Å². The van der Waals surface area contributed by atoms with E-state index in [1.165, 1.54) is 0 Å². The van der Waals surface area contributed by atoms with Gasteiger partial charge in [-0.05, 0) is 18.6 Å². The number of anilines is 1. The smallest absolute Gasteiger partial charge is 0.180 e. The molecule has 0 aliphatic heterocycles. The third-order valence-corrected chi connectivity index (χ3v) is 2.94. The van der Waals surface area contributed by atoms with Crippen LogP contribution < -0.4 is 5.32 Å². The van der Waals surface area contributed by atoms with Gasteiger partial charge in [0.25, 0.3) is 0 Å². The number of hydrogen-bond donors (Lipinski definition) is 1. The van der Waals surface area contributed by atoms with Crippen molar-refractivity contribution in [3.8, 4) is 11.5 Å². The number of pyridine rings is 1. The molecular weight excluding hydrogens is 248 g/mol. The molecule has 0 unspecified atom stereocenters. The van der Waals surface area contributed by atoms with Crippen LogP contribution in [-0.4, -0.2) is 21.5 Å². The summed E-state index contributed by atoms with van der Waals surface area (Å²) in [6.45, 7) is 9.50. The number of nitrogens with zero attached hydrogens (tertiary/aromatic N) is 3. The number of hydrogen-bond acceptors (Lipinski definition) is 4. The molecule has 0 aliphatic carbocycles. The van der Waals surface area contributed by atoms with E-state index < -0.39 is 0 Å². The van der Waals surface area contributed by atoms with Gasteiger partial charge in [0, 0.05) is 24.2 Å².